The van der Waals surface area contributed by atoms with Gasteiger partial charge < -0.3 is 25.5 Å². The van der Waals surface area contributed by atoms with Crippen molar-refractivity contribution >= 4 is 57.5 Å². The third-order valence-electron chi connectivity index (χ3n) is 3.17. The first-order chi connectivity index (χ1) is 12.4. The van der Waals surface area contributed by atoms with Gasteiger partial charge in [-0.2, -0.15) is 0 Å². The van der Waals surface area contributed by atoms with Crippen LogP contribution in [-0.2, 0) is 28.8 Å². The minimum Gasteiger partial charge on any atom is -0.467 e. The first-order valence-corrected chi connectivity index (χ1v) is 8.44. The van der Waals surface area contributed by atoms with Gasteiger partial charge in [0.1, 0.15) is 24.7 Å². The third kappa shape index (κ3) is 4.26. The topological polar surface area (TPSA) is 148 Å². The Morgan fingerprint density at radius 3 is 2.73 bits per heavy atom. The summed E-state index contributed by atoms with van der Waals surface area (Å²) in [5.74, 6) is -2.74. The molecule has 0 saturated carbocycles. The lowest BCUT2D eigenvalue weighted by atomic mass is 9.99. The molecular weight excluding hydrogens is 390 g/mol. The lowest BCUT2D eigenvalue weighted by Crippen LogP contribution is -2.72. The quantitative estimate of drug-likeness (QED) is 0.171. The molecule has 0 aromatic carbocycles. The largest absolute Gasteiger partial charge is 0.467 e. The minimum absolute atomic E-state index is 0.105. The van der Waals surface area contributed by atoms with E-state index in [1.165, 1.54) is 12.5 Å². The van der Waals surface area contributed by atoms with Crippen LogP contribution in [0.25, 0.3) is 0 Å². The van der Waals surface area contributed by atoms with Gasteiger partial charge in [-0.15, -0.1) is 22.9 Å². The maximum Gasteiger partial charge on any atom is 0.331 e. The highest BCUT2D eigenvalue weighted by molar-refractivity contribution is 7.14. The molecule has 2 atom stereocenters. The van der Waals surface area contributed by atoms with Gasteiger partial charge in [-0.3, -0.25) is 14.4 Å². The van der Waals surface area contributed by atoms with Crippen molar-refractivity contribution in [1.29, 1.82) is 0 Å². The van der Waals surface area contributed by atoms with E-state index >= 15 is 0 Å². The molecule has 1 saturated heterocycles. The van der Waals surface area contributed by atoms with E-state index in [-0.39, 0.29) is 22.4 Å². The predicted octanol–water partition coefficient (Wildman–Crippen LogP) is -1.17. The fourth-order valence-corrected chi connectivity index (χ4v) is 2.73. The van der Waals surface area contributed by atoms with Crippen LogP contribution in [0.1, 0.15) is 5.69 Å². The zero-order valence-corrected chi connectivity index (χ0v) is 15.1. The van der Waals surface area contributed by atoms with Crippen LogP contribution in [0.2, 0.25) is 0 Å². The lowest BCUT2D eigenvalue weighted by Gasteiger charge is -2.34. The van der Waals surface area contributed by atoms with Gasteiger partial charge in [0.25, 0.3) is 5.91 Å². The molecule has 1 aromatic rings. The molecule has 26 heavy (non-hydrogen) atoms. The van der Waals surface area contributed by atoms with E-state index in [1.807, 2.05) is 0 Å². The van der Waals surface area contributed by atoms with Crippen molar-refractivity contribution in [3.63, 3.8) is 0 Å². The summed E-state index contributed by atoms with van der Waals surface area (Å²) in [5.41, 5.74) is -0.132. The number of nitrogens with zero attached hydrogens (tertiary/aromatic N) is 2. The number of hydrogen-bond donors (Lipinski definition) is 3. The Morgan fingerprint density at radius 1 is 1.42 bits per heavy atom. The number of carbonyl (C=O) groups excluding carboxylic acids is 4. The molecule has 0 radical (unpaired) electrons. The van der Waals surface area contributed by atoms with E-state index < -0.39 is 35.8 Å². The average Bonchev–Trinajstić information content (AvgIpc) is 3.08. The highest BCUT2D eigenvalue weighted by Gasteiger charge is 2.46. The van der Waals surface area contributed by atoms with E-state index in [0.717, 1.165) is 18.4 Å². The summed E-state index contributed by atoms with van der Waals surface area (Å²) in [4.78, 5) is 55.5. The smallest absolute Gasteiger partial charge is 0.331 e. The van der Waals surface area contributed by atoms with Crippen molar-refractivity contribution in [2.45, 2.75) is 12.1 Å². The Balaban J connectivity index is 2.13. The molecule has 1 aromatic heterocycles. The number of amides is 3. The number of methoxy groups -OCH3 is 1. The predicted molar refractivity (Wildman–Crippen MR) is 90.9 cm³/mol. The molecule has 2 rings (SSSR count). The van der Waals surface area contributed by atoms with Crippen LogP contribution in [0, 0.1) is 0 Å². The van der Waals surface area contributed by atoms with E-state index in [9.17, 15) is 19.2 Å². The van der Waals surface area contributed by atoms with E-state index in [4.69, 9.17) is 11.6 Å². The molecule has 0 spiro atoms. The molecule has 13 heteroatoms. The highest BCUT2D eigenvalue weighted by atomic mass is 35.5. The third-order valence-corrected chi connectivity index (χ3v) is 4.17. The van der Waals surface area contributed by atoms with Crippen LogP contribution in [0.5, 0.6) is 0 Å². The number of halogens is 1. The van der Waals surface area contributed by atoms with Crippen LogP contribution in [0.15, 0.2) is 10.5 Å². The number of hydrogen-bond acceptors (Lipinski definition) is 9. The molecule has 11 nitrogen and oxygen atoms in total. The molecule has 0 aliphatic carbocycles. The minimum atomic E-state index is -1.11. The highest BCUT2D eigenvalue weighted by Crippen LogP contribution is 2.17. The monoisotopic (exact) mass is 403 g/mol. The SMILES string of the molecule is CO/N=C(\C(=O)N[C@H]1C(=O)N[C@@H]1C(=O)OC)c1csc(NC(=O)CCl)n1. The van der Waals surface area contributed by atoms with Gasteiger partial charge in [0.2, 0.25) is 11.8 Å². The standard InChI is InChI=1S/C13H14ClN5O6S/c1-24-12(23)9-8(11(22)18-9)17-10(21)7(19-25-2)5-4-26-13(15-5)16-6(20)3-14/h4,8-9H,3H2,1-2H3,(H,17,21)(H,18,22)(H,15,16,20)/b19-7-/t8-,9+/m1/s1. The lowest BCUT2D eigenvalue weighted by molar-refractivity contribution is -0.153. The second-order valence-electron chi connectivity index (χ2n) is 4.80. The summed E-state index contributed by atoms with van der Waals surface area (Å²) in [5, 5.41) is 12.4. The summed E-state index contributed by atoms with van der Waals surface area (Å²) in [6, 6.07) is -2.10. The van der Waals surface area contributed by atoms with Crippen LogP contribution in [0.3, 0.4) is 0 Å². The van der Waals surface area contributed by atoms with E-state index in [1.54, 1.807) is 0 Å². The summed E-state index contributed by atoms with van der Waals surface area (Å²) >= 11 is 6.44. The van der Waals surface area contributed by atoms with Gasteiger partial charge in [0.15, 0.2) is 16.9 Å². The summed E-state index contributed by atoms with van der Waals surface area (Å²) < 4.78 is 4.54. The fourth-order valence-electron chi connectivity index (χ4n) is 1.95. The number of nitrogens with one attached hydrogen (secondary N) is 3. The maximum atomic E-state index is 12.4. The Kier molecular flexibility index (Phi) is 6.46. The number of carbonyl (C=O) groups is 4. The summed E-state index contributed by atoms with van der Waals surface area (Å²) in [6.45, 7) is 0. The first kappa shape index (κ1) is 19.6. The number of esters is 1. The molecule has 1 aliphatic heterocycles. The van der Waals surface area contributed by atoms with Crippen molar-refractivity contribution in [2.24, 2.45) is 5.16 Å². The number of ether oxygens (including phenoxy) is 1. The fraction of sp³-hybridized carbons (Fsp3) is 0.385. The molecule has 0 unspecified atom stereocenters. The van der Waals surface area contributed by atoms with Gasteiger partial charge in [-0.1, -0.05) is 5.16 Å². The number of rotatable bonds is 7. The Labute approximate surface area is 156 Å². The number of β-lactam (4-membered cyclic amide) rings is 1. The van der Waals surface area contributed by atoms with Crippen molar-refractivity contribution < 1.29 is 28.8 Å². The number of thiazole rings is 1. The normalized spacial score (nSPS) is 19.0. The van der Waals surface area contributed by atoms with Crippen molar-refractivity contribution in [1.82, 2.24) is 15.6 Å². The molecule has 3 N–H and O–H groups in total. The Hall–Kier alpha value is -2.73. The number of alkyl halides is 1. The van der Waals surface area contributed by atoms with Crippen LogP contribution in [-0.4, -0.2) is 66.6 Å². The molecule has 0 bridgehead atoms. The van der Waals surface area contributed by atoms with E-state index in [2.05, 4.69) is 35.7 Å². The molecule has 3 amide bonds. The average molecular weight is 404 g/mol. The van der Waals surface area contributed by atoms with Gasteiger partial charge in [0.05, 0.1) is 7.11 Å². The number of anilines is 1. The maximum absolute atomic E-state index is 12.4. The van der Waals surface area contributed by atoms with Crippen LogP contribution < -0.4 is 16.0 Å². The molecule has 1 aliphatic rings. The Morgan fingerprint density at radius 2 is 2.15 bits per heavy atom. The Bertz CT molecular complexity index is 766. The zero-order valence-electron chi connectivity index (χ0n) is 13.6. The van der Waals surface area contributed by atoms with Gasteiger partial charge in [-0.25, -0.2) is 9.78 Å². The van der Waals surface area contributed by atoms with Crippen LogP contribution in [0.4, 0.5) is 5.13 Å². The first-order valence-electron chi connectivity index (χ1n) is 7.03. The second-order valence-corrected chi connectivity index (χ2v) is 5.93. The van der Waals surface area contributed by atoms with Gasteiger partial charge >= 0.3 is 5.97 Å². The van der Waals surface area contributed by atoms with E-state index in [0.29, 0.717) is 0 Å². The number of aromatic nitrogens is 1. The van der Waals surface area contributed by atoms with Crippen molar-refractivity contribution in [3.05, 3.63) is 11.1 Å². The van der Waals surface area contributed by atoms with Gasteiger partial charge in [0, 0.05) is 5.38 Å². The summed E-state index contributed by atoms with van der Waals surface area (Å²) in [6.07, 6.45) is 0. The van der Waals surface area contributed by atoms with Crippen molar-refractivity contribution in [2.75, 3.05) is 25.4 Å². The summed E-state index contributed by atoms with van der Waals surface area (Å²) in [7, 11) is 2.39. The molecule has 1 fully saturated rings. The second kappa shape index (κ2) is 8.58. The molecular formula is C13H14ClN5O6S. The molecule has 140 valence electrons. The zero-order chi connectivity index (χ0) is 19.3. The van der Waals surface area contributed by atoms with Gasteiger partial charge in [-0.05, 0) is 0 Å². The number of oxime groups is 1. The van der Waals surface area contributed by atoms with Crippen LogP contribution >= 0.6 is 22.9 Å². The molecule has 2 heterocycles. The van der Waals surface area contributed by atoms with Crippen molar-refractivity contribution in [3.8, 4) is 0 Å².